The summed E-state index contributed by atoms with van der Waals surface area (Å²) in [6.45, 7) is 4.69. The van der Waals surface area contributed by atoms with Crippen LogP contribution >= 0.6 is 0 Å². The summed E-state index contributed by atoms with van der Waals surface area (Å²) < 4.78 is 2.01. The SMILES string of the molecule is CCCn1ccnc1CC(C)C(=O)O. The highest BCUT2D eigenvalue weighted by molar-refractivity contribution is 5.69. The van der Waals surface area contributed by atoms with Gasteiger partial charge < -0.3 is 9.67 Å². The molecule has 0 aromatic carbocycles. The minimum atomic E-state index is -0.768. The zero-order valence-electron chi connectivity index (χ0n) is 8.60. The van der Waals surface area contributed by atoms with Crippen LogP contribution in [0.25, 0.3) is 0 Å². The van der Waals surface area contributed by atoms with Gasteiger partial charge in [0.2, 0.25) is 0 Å². The lowest BCUT2D eigenvalue weighted by atomic mass is 10.1. The van der Waals surface area contributed by atoms with Gasteiger partial charge in [0, 0.05) is 25.4 Å². The summed E-state index contributed by atoms with van der Waals surface area (Å²) in [6.07, 6.45) is 5.15. The van der Waals surface area contributed by atoms with Crippen molar-refractivity contribution in [2.24, 2.45) is 5.92 Å². The van der Waals surface area contributed by atoms with Crippen molar-refractivity contribution in [2.45, 2.75) is 33.2 Å². The molecule has 0 saturated carbocycles. The molecular formula is C10H16N2O2. The standard InChI is InChI=1S/C10H16N2O2/c1-3-5-12-6-4-11-9(12)7-8(2)10(13)14/h4,6,8H,3,5,7H2,1-2H3,(H,13,14). The van der Waals surface area contributed by atoms with Crippen molar-refractivity contribution in [2.75, 3.05) is 0 Å². The number of carboxylic acid groups (broad SMARTS) is 1. The smallest absolute Gasteiger partial charge is 0.306 e. The molecule has 0 aliphatic heterocycles. The number of carboxylic acids is 1. The summed E-state index contributed by atoms with van der Waals surface area (Å²) in [5.41, 5.74) is 0. The zero-order valence-corrected chi connectivity index (χ0v) is 8.60. The second-order valence-electron chi connectivity index (χ2n) is 3.48. The van der Waals surface area contributed by atoms with Gasteiger partial charge in [0.05, 0.1) is 5.92 Å². The maximum absolute atomic E-state index is 10.7. The predicted molar refractivity (Wildman–Crippen MR) is 53.0 cm³/mol. The molecule has 0 radical (unpaired) electrons. The number of carbonyl (C=O) groups is 1. The van der Waals surface area contributed by atoms with Crippen LogP contribution in [0, 0.1) is 5.92 Å². The molecule has 1 aromatic rings. The summed E-state index contributed by atoms with van der Waals surface area (Å²) in [7, 11) is 0. The Morgan fingerprint density at radius 2 is 2.43 bits per heavy atom. The minimum Gasteiger partial charge on any atom is -0.481 e. The van der Waals surface area contributed by atoms with E-state index in [0.717, 1.165) is 18.8 Å². The van der Waals surface area contributed by atoms with E-state index in [0.29, 0.717) is 6.42 Å². The van der Waals surface area contributed by atoms with E-state index in [4.69, 9.17) is 5.11 Å². The molecule has 0 bridgehead atoms. The first-order valence-corrected chi connectivity index (χ1v) is 4.88. The molecule has 0 spiro atoms. The van der Waals surface area contributed by atoms with Gasteiger partial charge in [-0.1, -0.05) is 13.8 Å². The topological polar surface area (TPSA) is 55.1 Å². The van der Waals surface area contributed by atoms with Crippen LogP contribution in [-0.4, -0.2) is 20.6 Å². The first kappa shape index (κ1) is 10.8. The van der Waals surface area contributed by atoms with E-state index in [-0.39, 0.29) is 5.92 Å². The third-order valence-corrected chi connectivity index (χ3v) is 2.18. The number of aromatic nitrogens is 2. The fourth-order valence-electron chi connectivity index (χ4n) is 1.34. The lowest BCUT2D eigenvalue weighted by Crippen LogP contribution is -2.15. The second-order valence-corrected chi connectivity index (χ2v) is 3.48. The Hall–Kier alpha value is -1.32. The molecule has 1 rings (SSSR count). The van der Waals surface area contributed by atoms with E-state index >= 15 is 0 Å². The minimum absolute atomic E-state index is 0.368. The molecule has 0 aliphatic rings. The van der Waals surface area contributed by atoms with Crippen LogP contribution in [-0.2, 0) is 17.8 Å². The number of nitrogens with zero attached hydrogens (tertiary/aromatic N) is 2. The normalized spacial score (nSPS) is 12.7. The Bertz CT molecular complexity index is 307. The van der Waals surface area contributed by atoms with Crippen molar-refractivity contribution in [3.05, 3.63) is 18.2 Å². The molecule has 4 heteroatoms. The molecule has 0 saturated heterocycles. The number of imidazole rings is 1. The second kappa shape index (κ2) is 4.79. The van der Waals surface area contributed by atoms with Gasteiger partial charge in [-0.15, -0.1) is 0 Å². The summed E-state index contributed by atoms with van der Waals surface area (Å²) >= 11 is 0. The maximum atomic E-state index is 10.7. The molecule has 1 heterocycles. The number of aryl methyl sites for hydroxylation is 1. The van der Waals surface area contributed by atoms with Gasteiger partial charge in [-0.2, -0.15) is 0 Å². The number of hydrogen-bond acceptors (Lipinski definition) is 2. The van der Waals surface area contributed by atoms with Gasteiger partial charge in [0.25, 0.3) is 0 Å². The first-order chi connectivity index (χ1) is 6.65. The van der Waals surface area contributed by atoms with Gasteiger partial charge in [0.1, 0.15) is 5.82 Å². The highest BCUT2D eigenvalue weighted by Crippen LogP contribution is 2.07. The Morgan fingerprint density at radius 1 is 1.71 bits per heavy atom. The molecule has 1 atom stereocenters. The summed E-state index contributed by atoms with van der Waals surface area (Å²) in [6, 6.07) is 0. The molecule has 0 fully saturated rings. The van der Waals surface area contributed by atoms with Gasteiger partial charge in [-0.25, -0.2) is 4.98 Å². The van der Waals surface area contributed by atoms with E-state index in [1.165, 1.54) is 0 Å². The van der Waals surface area contributed by atoms with Crippen molar-refractivity contribution in [3.8, 4) is 0 Å². The van der Waals surface area contributed by atoms with E-state index in [2.05, 4.69) is 11.9 Å². The van der Waals surface area contributed by atoms with E-state index < -0.39 is 5.97 Å². The maximum Gasteiger partial charge on any atom is 0.306 e. The molecule has 14 heavy (non-hydrogen) atoms. The number of hydrogen-bond donors (Lipinski definition) is 1. The van der Waals surface area contributed by atoms with Crippen LogP contribution in [0.15, 0.2) is 12.4 Å². The number of aliphatic carboxylic acids is 1. The van der Waals surface area contributed by atoms with Crippen LogP contribution in [0.2, 0.25) is 0 Å². The van der Waals surface area contributed by atoms with Gasteiger partial charge in [-0.3, -0.25) is 4.79 Å². The summed E-state index contributed by atoms with van der Waals surface area (Å²) in [4.78, 5) is 14.8. The molecule has 4 nitrogen and oxygen atoms in total. The molecule has 1 N–H and O–H groups in total. The zero-order chi connectivity index (χ0) is 10.6. The lowest BCUT2D eigenvalue weighted by molar-refractivity contribution is -0.141. The van der Waals surface area contributed by atoms with Crippen LogP contribution < -0.4 is 0 Å². The van der Waals surface area contributed by atoms with E-state index in [1.807, 2.05) is 10.8 Å². The predicted octanol–water partition coefficient (Wildman–Crippen LogP) is 1.56. The lowest BCUT2D eigenvalue weighted by Gasteiger charge is -2.08. The molecule has 78 valence electrons. The van der Waals surface area contributed by atoms with Gasteiger partial charge in [0.15, 0.2) is 0 Å². The van der Waals surface area contributed by atoms with Crippen LogP contribution in [0.4, 0.5) is 0 Å². The first-order valence-electron chi connectivity index (χ1n) is 4.88. The quantitative estimate of drug-likeness (QED) is 0.777. The van der Waals surface area contributed by atoms with Crippen molar-refractivity contribution in [3.63, 3.8) is 0 Å². The average Bonchev–Trinajstić information content (AvgIpc) is 2.53. The van der Waals surface area contributed by atoms with Crippen LogP contribution in [0.1, 0.15) is 26.1 Å². The van der Waals surface area contributed by atoms with Gasteiger partial charge in [-0.05, 0) is 6.42 Å². The van der Waals surface area contributed by atoms with Crippen molar-refractivity contribution in [1.82, 2.24) is 9.55 Å². The summed E-state index contributed by atoms with van der Waals surface area (Å²) in [5, 5.41) is 8.76. The molecule has 1 unspecified atom stereocenters. The third-order valence-electron chi connectivity index (χ3n) is 2.18. The largest absolute Gasteiger partial charge is 0.481 e. The molecule has 0 aliphatic carbocycles. The highest BCUT2D eigenvalue weighted by atomic mass is 16.4. The van der Waals surface area contributed by atoms with Crippen molar-refractivity contribution < 1.29 is 9.90 Å². The van der Waals surface area contributed by atoms with Crippen molar-refractivity contribution in [1.29, 1.82) is 0 Å². The van der Waals surface area contributed by atoms with Crippen LogP contribution in [0.5, 0.6) is 0 Å². The third kappa shape index (κ3) is 2.58. The Kier molecular flexibility index (Phi) is 3.68. The fraction of sp³-hybridized carbons (Fsp3) is 0.600. The highest BCUT2D eigenvalue weighted by Gasteiger charge is 2.14. The molecular weight excluding hydrogens is 180 g/mol. The Labute approximate surface area is 83.6 Å². The molecule has 0 amide bonds. The van der Waals surface area contributed by atoms with E-state index in [1.54, 1.807) is 13.1 Å². The Balaban J connectivity index is 2.66. The monoisotopic (exact) mass is 196 g/mol. The van der Waals surface area contributed by atoms with Gasteiger partial charge >= 0.3 is 5.97 Å². The fourth-order valence-corrected chi connectivity index (χ4v) is 1.34. The molecule has 1 aromatic heterocycles. The summed E-state index contributed by atoms with van der Waals surface area (Å²) in [5.74, 6) is -0.272. The van der Waals surface area contributed by atoms with E-state index in [9.17, 15) is 4.79 Å². The average molecular weight is 196 g/mol. The number of rotatable bonds is 5. The van der Waals surface area contributed by atoms with Crippen LogP contribution in [0.3, 0.4) is 0 Å². The van der Waals surface area contributed by atoms with Crippen molar-refractivity contribution >= 4 is 5.97 Å². The Morgan fingerprint density at radius 3 is 3.00 bits per heavy atom.